The molecule has 0 bridgehead atoms. The molecule has 0 atom stereocenters. The van der Waals surface area contributed by atoms with Gasteiger partial charge >= 0.3 is 0 Å². The van der Waals surface area contributed by atoms with E-state index in [1.165, 1.54) is 11.7 Å². The molecule has 0 unspecified atom stereocenters. The van der Waals surface area contributed by atoms with Crippen molar-refractivity contribution in [2.75, 3.05) is 0 Å². The van der Waals surface area contributed by atoms with Gasteiger partial charge in [0.25, 0.3) is 0 Å². The summed E-state index contributed by atoms with van der Waals surface area (Å²) in [4.78, 5) is 0. The zero-order chi connectivity index (χ0) is 3.41. The van der Waals surface area contributed by atoms with Crippen LogP contribution in [0.4, 0.5) is 0 Å². The molecule has 0 rings (SSSR count). The minimum atomic E-state index is 1.35. The predicted octanol–water partition coefficient (Wildman–Crippen LogP) is -0.739. The van der Waals surface area contributed by atoms with Gasteiger partial charge in [0.05, 0.1) is 11.7 Å². The van der Waals surface area contributed by atoms with Gasteiger partial charge in [-0.05, 0) is 0 Å². The van der Waals surface area contributed by atoms with Crippen LogP contribution in [0.15, 0.2) is 0 Å². The lowest BCUT2D eigenvalue weighted by Gasteiger charge is -1.15. The highest BCUT2D eigenvalue weighted by Crippen LogP contribution is 0.919. The summed E-state index contributed by atoms with van der Waals surface area (Å²) in [6, 6.07) is 0. The van der Waals surface area contributed by atoms with Crippen molar-refractivity contribution < 1.29 is 0 Å². The molecule has 0 spiro atoms. The zero-order valence-electron chi connectivity index (χ0n) is 1.95. The lowest BCUT2D eigenvalue weighted by molar-refractivity contribution is 1.60. The van der Waals surface area contributed by atoms with Crippen molar-refractivity contribution in [2.45, 2.75) is 0 Å². The SMILES string of the molecule is [N]=C=C=N. The van der Waals surface area contributed by atoms with Crippen LogP contribution < -0.4 is 5.41 Å². The maximum absolute atomic E-state index is 7.33. The Hall–Kier alpha value is -0.840. The van der Waals surface area contributed by atoms with Gasteiger partial charge in [-0.25, -0.2) is 5.41 Å². The molecular weight excluding hydrogens is 52.0 g/mol. The van der Waals surface area contributed by atoms with Crippen molar-refractivity contribution >= 4 is 11.7 Å². The van der Waals surface area contributed by atoms with E-state index in [4.69, 9.17) is 10.8 Å². The first kappa shape index (κ1) is 3.16. The fraction of sp³-hybridized carbons (Fsp3) is 0. The average Bonchev–Trinajstić information content (AvgIpc) is 1.37. The molecule has 0 aliphatic carbocycles. The summed E-state index contributed by atoms with van der Waals surface area (Å²) in [7, 11) is 0. The van der Waals surface area contributed by atoms with Gasteiger partial charge in [0.2, 0.25) is 0 Å². The molecule has 1 N–H and O–H groups in total. The van der Waals surface area contributed by atoms with Crippen LogP contribution >= 0.6 is 0 Å². The summed E-state index contributed by atoms with van der Waals surface area (Å²) in [5, 5.41) is 13.2. The van der Waals surface area contributed by atoms with E-state index >= 15 is 0 Å². The predicted molar refractivity (Wildman–Crippen MR) is 14.9 cm³/mol. The van der Waals surface area contributed by atoms with E-state index in [1.807, 2.05) is 0 Å². The molecule has 2 heteroatoms. The number of hydrogen-bond donors (Lipinski definition) is 1. The lowest BCUT2D eigenvalue weighted by atomic mass is 11.1. The Balaban J connectivity index is 3.95. The smallest absolute Gasteiger partial charge is 0.0832 e. The van der Waals surface area contributed by atoms with Gasteiger partial charge in [0.15, 0.2) is 0 Å². The number of nitrogens with one attached hydrogen (secondary N) is 1. The Morgan fingerprint density at radius 1 is 1.75 bits per heavy atom. The van der Waals surface area contributed by atoms with E-state index in [0.29, 0.717) is 0 Å². The molecule has 0 heterocycles. The third-order valence-electron chi connectivity index (χ3n) is 0.0559. The van der Waals surface area contributed by atoms with Crippen molar-refractivity contribution in [2.24, 2.45) is 0 Å². The molecule has 19 valence electrons. The van der Waals surface area contributed by atoms with Crippen LogP contribution in [0.3, 0.4) is 0 Å². The number of hydrogen-bond acceptors (Lipinski definition) is 1. The average molecular weight is 53.0 g/mol. The molecule has 0 aliphatic rings. The van der Waals surface area contributed by atoms with Gasteiger partial charge in [-0.15, -0.1) is 0 Å². The Morgan fingerprint density at radius 2 is 2.00 bits per heavy atom. The van der Waals surface area contributed by atoms with Gasteiger partial charge < -0.3 is 0 Å². The van der Waals surface area contributed by atoms with Gasteiger partial charge in [0, 0.05) is 0 Å². The Bertz CT molecular complexity index is 54.1. The van der Waals surface area contributed by atoms with E-state index in [0.717, 1.165) is 0 Å². The van der Waals surface area contributed by atoms with Crippen LogP contribution in [0.25, 0.3) is 0 Å². The van der Waals surface area contributed by atoms with E-state index in [2.05, 4.69) is 0 Å². The molecule has 1 radical (unpaired) electrons. The topological polar surface area (TPSA) is 46.2 Å². The molecule has 0 aromatic carbocycles. The minimum Gasteiger partial charge on any atom is -0.250 e. The second kappa shape index (κ2) is 2.16. The lowest BCUT2D eigenvalue weighted by Crippen LogP contribution is -1.42. The van der Waals surface area contributed by atoms with Gasteiger partial charge in [-0.3, -0.25) is 0 Å². The van der Waals surface area contributed by atoms with E-state index in [9.17, 15) is 0 Å². The van der Waals surface area contributed by atoms with Crippen LogP contribution in [0, 0.1) is 5.41 Å². The zero-order valence-corrected chi connectivity index (χ0v) is 1.95. The summed E-state index contributed by atoms with van der Waals surface area (Å²) in [5.41, 5.74) is 0. The summed E-state index contributed by atoms with van der Waals surface area (Å²) in [5.74, 6) is 2.83. The van der Waals surface area contributed by atoms with Gasteiger partial charge in [-0.1, -0.05) is 5.41 Å². The van der Waals surface area contributed by atoms with Crippen molar-refractivity contribution in [3.63, 3.8) is 0 Å². The van der Waals surface area contributed by atoms with Crippen molar-refractivity contribution in [3.05, 3.63) is 0 Å². The fourth-order valence-electron chi connectivity index (χ4n) is 0. The third-order valence-corrected chi connectivity index (χ3v) is 0.0559. The van der Waals surface area contributed by atoms with E-state index in [1.54, 1.807) is 0 Å². The van der Waals surface area contributed by atoms with Crippen LogP contribution in [-0.2, 0) is 0 Å². The molecule has 0 saturated heterocycles. The summed E-state index contributed by atoms with van der Waals surface area (Å²) in [6.45, 7) is 0. The van der Waals surface area contributed by atoms with Crippen LogP contribution in [0.1, 0.15) is 0 Å². The van der Waals surface area contributed by atoms with Crippen molar-refractivity contribution in [1.82, 2.24) is 5.41 Å². The summed E-state index contributed by atoms with van der Waals surface area (Å²) >= 11 is 0. The summed E-state index contributed by atoms with van der Waals surface area (Å²) in [6.07, 6.45) is 0. The summed E-state index contributed by atoms with van der Waals surface area (Å²) < 4.78 is 0. The second-order valence-corrected chi connectivity index (χ2v) is 0.237. The largest absolute Gasteiger partial charge is 0.250 e. The first-order chi connectivity index (χ1) is 1.91. The maximum atomic E-state index is 7.33. The highest BCUT2D eigenvalue weighted by molar-refractivity contribution is 5.84. The monoisotopic (exact) mass is 53.0 g/mol. The first-order valence-electron chi connectivity index (χ1n) is 0.724. The van der Waals surface area contributed by atoms with Crippen LogP contribution in [0.2, 0.25) is 0 Å². The van der Waals surface area contributed by atoms with E-state index in [-0.39, 0.29) is 0 Å². The molecule has 0 fully saturated rings. The van der Waals surface area contributed by atoms with Gasteiger partial charge in [-0.2, -0.15) is 0 Å². The molecule has 0 aromatic rings. The van der Waals surface area contributed by atoms with Gasteiger partial charge in [0.1, 0.15) is 0 Å². The van der Waals surface area contributed by atoms with Crippen LogP contribution in [0.5, 0.6) is 0 Å². The first-order valence-corrected chi connectivity index (χ1v) is 0.724. The second-order valence-electron chi connectivity index (χ2n) is 0.237. The maximum Gasteiger partial charge on any atom is 0.0832 e. The Labute approximate surface area is 23.8 Å². The highest BCUT2D eigenvalue weighted by atomic mass is 14.3. The Morgan fingerprint density at radius 3 is 2.00 bits per heavy atom. The van der Waals surface area contributed by atoms with E-state index < -0.39 is 0 Å². The molecule has 0 aliphatic heterocycles. The molecule has 2 nitrogen and oxygen atoms in total. The number of rotatable bonds is 0. The number of nitrogens with zero attached hydrogens (tertiary/aromatic N) is 1. The van der Waals surface area contributed by atoms with Crippen LogP contribution in [-0.4, -0.2) is 11.7 Å². The van der Waals surface area contributed by atoms with Crippen molar-refractivity contribution in [3.8, 4) is 0 Å². The Kier molecular flexibility index (Phi) is 1.71. The molecule has 4 heavy (non-hydrogen) atoms. The third kappa shape index (κ3) is 1.16. The van der Waals surface area contributed by atoms with Crippen molar-refractivity contribution in [1.29, 1.82) is 5.41 Å². The minimum absolute atomic E-state index is 1.35. The molecule has 0 amide bonds. The molecule has 0 saturated carbocycles. The standard InChI is InChI=1S/C2HN2/c3-1-2-4/h3H. The molecule has 0 aromatic heterocycles. The normalized spacial score (nSPS) is 3.00. The fourth-order valence-corrected chi connectivity index (χ4v) is 0. The highest BCUT2D eigenvalue weighted by Gasteiger charge is 1.16. The molecular formula is C2HN2. The quantitative estimate of drug-likeness (QED) is 0.353.